The first-order chi connectivity index (χ1) is 13.9. The van der Waals surface area contributed by atoms with Crippen molar-refractivity contribution in [3.63, 3.8) is 0 Å². The highest BCUT2D eigenvalue weighted by Crippen LogP contribution is 2.25. The lowest BCUT2D eigenvalue weighted by molar-refractivity contribution is 0.590. The Morgan fingerprint density at radius 1 is 0.857 bits per heavy atom. The monoisotopic (exact) mass is 364 g/mol. The van der Waals surface area contributed by atoms with Crippen molar-refractivity contribution in [2.24, 2.45) is 0 Å². The summed E-state index contributed by atoms with van der Waals surface area (Å²) in [5.74, 6) is 0.561. The molecular formula is C23H16N4O. The number of aromatic nitrogens is 4. The summed E-state index contributed by atoms with van der Waals surface area (Å²) in [7, 11) is 0. The number of hydrogen-bond acceptors (Lipinski definition) is 4. The van der Waals surface area contributed by atoms with E-state index >= 15 is 0 Å². The minimum absolute atomic E-state index is 0.561. The zero-order valence-corrected chi connectivity index (χ0v) is 14.9. The Morgan fingerprint density at radius 3 is 2.54 bits per heavy atom. The van der Waals surface area contributed by atoms with Crippen LogP contribution in [0.4, 0.5) is 0 Å². The second-order valence-corrected chi connectivity index (χ2v) is 6.31. The van der Waals surface area contributed by atoms with E-state index in [1.807, 2.05) is 96.0 Å². The van der Waals surface area contributed by atoms with Gasteiger partial charge in [0.05, 0.1) is 5.69 Å². The molecule has 0 aliphatic rings. The van der Waals surface area contributed by atoms with Gasteiger partial charge in [-0.15, -0.1) is 0 Å². The molecule has 0 N–H and O–H groups in total. The van der Waals surface area contributed by atoms with Gasteiger partial charge < -0.3 is 4.42 Å². The van der Waals surface area contributed by atoms with E-state index in [1.54, 1.807) is 6.20 Å². The Kier molecular flexibility index (Phi) is 4.03. The third-order valence-electron chi connectivity index (χ3n) is 4.41. The van der Waals surface area contributed by atoms with Crippen LogP contribution >= 0.6 is 0 Å². The van der Waals surface area contributed by atoms with Gasteiger partial charge >= 0.3 is 0 Å². The second-order valence-electron chi connectivity index (χ2n) is 6.31. The molecule has 0 radical (unpaired) electrons. The number of pyridine rings is 1. The molecule has 0 bridgehead atoms. The summed E-state index contributed by atoms with van der Waals surface area (Å²) in [5, 5.41) is 4.78. The van der Waals surface area contributed by atoms with Crippen molar-refractivity contribution >= 4 is 23.3 Å². The molecule has 0 fully saturated rings. The smallest absolute Gasteiger partial charge is 0.220 e. The second kappa shape index (κ2) is 6.96. The van der Waals surface area contributed by atoms with E-state index in [9.17, 15) is 0 Å². The molecule has 0 spiro atoms. The summed E-state index contributed by atoms with van der Waals surface area (Å²) in [6.07, 6.45) is 9.41. The predicted octanol–water partition coefficient (Wildman–Crippen LogP) is 5.25. The molecule has 0 atom stereocenters. The van der Waals surface area contributed by atoms with Crippen LogP contribution in [0.2, 0.25) is 0 Å². The lowest BCUT2D eigenvalue weighted by Gasteiger charge is -1.99. The number of benzene rings is 2. The average Bonchev–Trinajstić information content (AvgIpc) is 3.37. The van der Waals surface area contributed by atoms with Crippen LogP contribution in [0.3, 0.4) is 0 Å². The van der Waals surface area contributed by atoms with Crippen molar-refractivity contribution in [3.8, 4) is 16.9 Å². The standard InChI is InChI=1S/C23H16N4O/c1-2-8-19(9-3-1)27-16-18(23(26-27)17-7-6-14-24-15-17)12-13-22-25-20-10-4-5-11-21(20)28-22/h1-16H/b13-12+. The molecule has 3 heterocycles. The zero-order chi connectivity index (χ0) is 18.8. The van der Waals surface area contributed by atoms with Crippen LogP contribution in [0, 0.1) is 0 Å². The molecule has 134 valence electrons. The summed E-state index contributed by atoms with van der Waals surface area (Å²) in [6, 6.07) is 21.7. The van der Waals surface area contributed by atoms with E-state index in [0.29, 0.717) is 5.89 Å². The van der Waals surface area contributed by atoms with Gasteiger partial charge in [0, 0.05) is 35.8 Å². The quantitative estimate of drug-likeness (QED) is 0.437. The van der Waals surface area contributed by atoms with Gasteiger partial charge in [-0.1, -0.05) is 30.3 Å². The van der Waals surface area contributed by atoms with Crippen LogP contribution in [0.5, 0.6) is 0 Å². The summed E-state index contributed by atoms with van der Waals surface area (Å²) >= 11 is 0. The zero-order valence-electron chi connectivity index (χ0n) is 14.9. The SMILES string of the molecule is C(=C\c1cn(-c2ccccc2)nc1-c1cccnc1)/c1nc2ccccc2o1. The van der Waals surface area contributed by atoms with E-state index < -0.39 is 0 Å². The highest BCUT2D eigenvalue weighted by molar-refractivity contribution is 5.79. The van der Waals surface area contributed by atoms with Crippen LogP contribution < -0.4 is 0 Å². The Hall–Kier alpha value is -3.99. The van der Waals surface area contributed by atoms with Crippen molar-refractivity contribution in [1.82, 2.24) is 19.7 Å². The molecule has 5 aromatic rings. The van der Waals surface area contributed by atoms with Crippen LogP contribution in [0.25, 0.3) is 40.2 Å². The molecule has 2 aromatic carbocycles. The lowest BCUT2D eigenvalue weighted by atomic mass is 10.1. The van der Waals surface area contributed by atoms with Crippen molar-refractivity contribution in [1.29, 1.82) is 0 Å². The number of nitrogens with zero attached hydrogens (tertiary/aromatic N) is 4. The number of rotatable bonds is 4. The summed E-state index contributed by atoms with van der Waals surface area (Å²) in [4.78, 5) is 8.73. The fourth-order valence-corrected chi connectivity index (χ4v) is 3.07. The fourth-order valence-electron chi connectivity index (χ4n) is 3.07. The molecule has 0 unspecified atom stereocenters. The Morgan fingerprint density at radius 2 is 1.71 bits per heavy atom. The highest BCUT2D eigenvalue weighted by atomic mass is 16.3. The van der Waals surface area contributed by atoms with E-state index in [4.69, 9.17) is 9.52 Å². The molecule has 5 heteroatoms. The van der Waals surface area contributed by atoms with E-state index in [0.717, 1.165) is 33.6 Å². The third-order valence-corrected chi connectivity index (χ3v) is 4.41. The number of para-hydroxylation sites is 3. The lowest BCUT2D eigenvalue weighted by Crippen LogP contribution is -1.94. The van der Waals surface area contributed by atoms with Crippen LogP contribution in [-0.4, -0.2) is 19.7 Å². The van der Waals surface area contributed by atoms with Gasteiger partial charge in [-0.05, 0) is 42.5 Å². The minimum Gasteiger partial charge on any atom is -0.437 e. The maximum atomic E-state index is 5.79. The van der Waals surface area contributed by atoms with Gasteiger partial charge in [0.1, 0.15) is 11.2 Å². The van der Waals surface area contributed by atoms with Gasteiger partial charge in [0.15, 0.2) is 5.58 Å². The largest absolute Gasteiger partial charge is 0.437 e. The first-order valence-corrected chi connectivity index (χ1v) is 8.96. The minimum atomic E-state index is 0.561. The first kappa shape index (κ1) is 16.2. The maximum Gasteiger partial charge on any atom is 0.220 e. The molecule has 0 aliphatic heterocycles. The summed E-state index contributed by atoms with van der Waals surface area (Å²) in [5.41, 5.74) is 5.37. The third kappa shape index (κ3) is 3.10. The van der Waals surface area contributed by atoms with Crippen molar-refractivity contribution in [2.75, 3.05) is 0 Å². The number of oxazole rings is 1. The maximum absolute atomic E-state index is 5.79. The molecule has 0 saturated carbocycles. The van der Waals surface area contributed by atoms with Crippen molar-refractivity contribution < 1.29 is 4.42 Å². The van der Waals surface area contributed by atoms with E-state index in [2.05, 4.69) is 9.97 Å². The first-order valence-electron chi connectivity index (χ1n) is 8.96. The van der Waals surface area contributed by atoms with Crippen molar-refractivity contribution in [3.05, 3.63) is 96.8 Å². The normalized spacial score (nSPS) is 11.4. The molecule has 0 saturated heterocycles. The van der Waals surface area contributed by atoms with Crippen molar-refractivity contribution in [2.45, 2.75) is 0 Å². The molecule has 3 aromatic heterocycles. The molecular weight excluding hydrogens is 348 g/mol. The van der Waals surface area contributed by atoms with Crippen LogP contribution in [-0.2, 0) is 0 Å². The van der Waals surface area contributed by atoms with Gasteiger partial charge in [-0.25, -0.2) is 9.67 Å². The van der Waals surface area contributed by atoms with E-state index in [1.165, 1.54) is 0 Å². The predicted molar refractivity (Wildman–Crippen MR) is 110 cm³/mol. The van der Waals surface area contributed by atoms with Gasteiger partial charge in [-0.2, -0.15) is 5.10 Å². The summed E-state index contributed by atoms with van der Waals surface area (Å²) in [6.45, 7) is 0. The van der Waals surface area contributed by atoms with Crippen LogP contribution in [0.15, 0.2) is 89.7 Å². The average molecular weight is 364 g/mol. The molecule has 0 aliphatic carbocycles. The Bertz CT molecular complexity index is 1220. The Balaban J connectivity index is 1.58. The molecule has 5 rings (SSSR count). The van der Waals surface area contributed by atoms with E-state index in [-0.39, 0.29) is 0 Å². The molecule has 28 heavy (non-hydrogen) atoms. The topological polar surface area (TPSA) is 56.7 Å². The van der Waals surface area contributed by atoms with Crippen LogP contribution in [0.1, 0.15) is 11.5 Å². The van der Waals surface area contributed by atoms with Gasteiger partial charge in [-0.3, -0.25) is 4.98 Å². The fraction of sp³-hybridized carbons (Fsp3) is 0. The Labute approximate surface area is 161 Å². The highest BCUT2D eigenvalue weighted by Gasteiger charge is 2.11. The number of fused-ring (bicyclic) bond motifs is 1. The van der Waals surface area contributed by atoms with Gasteiger partial charge in [0.25, 0.3) is 0 Å². The molecule has 5 nitrogen and oxygen atoms in total. The number of hydrogen-bond donors (Lipinski definition) is 0. The summed E-state index contributed by atoms with van der Waals surface area (Å²) < 4.78 is 7.66. The molecule has 0 amide bonds. The van der Waals surface area contributed by atoms with Gasteiger partial charge in [0.2, 0.25) is 5.89 Å².